The second kappa shape index (κ2) is 9.86. The van der Waals surface area contributed by atoms with Gasteiger partial charge in [0, 0.05) is 17.8 Å². The number of carbonyl (C=O) groups excluding carboxylic acids is 1. The van der Waals surface area contributed by atoms with E-state index in [9.17, 15) is 14.9 Å². The SMILES string of the molecule is Cc1cc(NC(=O)C2(c3ccc([N+](=O)[O-])cc3)CCCCC2)ccc1OCc1ccccc1. The fraction of sp³-hybridized carbons (Fsp3) is 0.296. The number of hydrogen-bond acceptors (Lipinski definition) is 4. The Morgan fingerprint density at radius 1 is 1.00 bits per heavy atom. The van der Waals surface area contributed by atoms with E-state index in [-0.39, 0.29) is 11.6 Å². The Morgan fingerprint density at radius 3 is 2.33 bits per heavy atom. The van der Waals surface area contributed by atoms with Gasteiger partial charge in [0.2, 0.25) is 5.91 Å². The minimum Gasteiger partial charge on any atom is -0.489 e. The number of non-ortho nitro benzene ring substituents is 1. The molecule has 0 spiro atoms. The number of amides is 1. The van der Waals surface area contributed by atoms with Gasteiger partial charge in [-0.15, -0.1) is 0 Å². The van der Waals surface area contributed by atoms with Crippen LogP contribution in [0.25, 0.3) is 0 Å². The number of nitro benzene ring substituents is 1. The monoisotopic (exact) mass is 444 g/mol. The molecule has 0 radical (unpaired) electrons. The summed E-state index contributed by atoms with van der Waals surface area (Å²) in [4.78, 5) is 24.2. The maximum absolute atomic E-state index is 13.5. The van der Waals surface area contributed by atoms with E-state index in [0.717, 1.165) is 60.2 Å². The molecule has 6 heteroatoms. The predicted octanol–water partition coefficient (Wildman–Crippen LogP) is 6.32. The fourth-order valence-corrected chi connectivity index (χ4v) is 4.58. The first-order valence-corrected chi connectivity index (χ1v) is 11.3. The van der Waals surface area contributed by atoms with Crippen molar-refractivity contribution in [2.75, 3.05) is 5.32 Å². The molecule has 1 saturated carbocycles. The van der Waals surface area contributed by atoms with Crippen LogP contribution in [0.15, 0.2) is 72.8 Å². The van der Waals surface area contributed by atoms with Gasteiger partial charge < -0.3 is 10.1 Å². The van der Waals surface area contributed by atoms with Crippen molar-refractivity contribution in [2.45, 2.75) is 51.0 Å². The van der Waals surface area contributed by atoms with Crippen molar-refractivity contribution in [1.29, 1.82) is 0 Å². The molecule has 0 atom stereocenters. The molecule has 1 amide bonds. The summed E-state index contributed by atoms with van der Waals surface area (Å²) in [5.41, 5.74) is 2.95. The normalized spacial score (nSPS) is 14.9. The molecule has 170 valence electrons. The van der Waals surface area contributed by atoms with Crippen LogP contribution in [0.3, 0.4) is 0 Å². The molecule has 0 bridgehead atoms. The number of carbonyl (C=O) groups is 1. The van der Waals surface area contributed by atoms with E-state index in [1.54, 1.807) is 12.1 Å². The van der Waals surface area contributed by atoms with Gasteiger partial charge in [-0.05, 0) is 54.7 Å². The van der Waals surface area contributed by atoms with E-state index >= 15 is 0 Å². The number of nitro groups is 1. The van der Waals surface area contributed by atoms with Crippen molar-refractivity contribution >= 4 is 17.3 Å². The van der Waals surface area contributed by atoms with Crippen LogP contribution < -0.4 is 10.1 Å². The van der Waals surface area contributed by atoms with E-state index in [4.69, 9.17) is 4.74 Å². The number of nitrogens with one attached hydrogen (secondary N) is 1. The van der Waals surface area contributed by atoms with Crippen LogP contribution >= 0.6 is 0 Å². The van der Waals surface area contributed by atoms with Gasteiger partial charge in [-0.1, -0.05) is 61.7 Å². The van der Waals surface area contributed by atoms with Gasteiger partial charge in [0.05, 0.1) is 10.3 Å². The summed E-state index contributed by atoms with van der Waals surface area (Å²) in [5.74, 6) is 0.716. The van der Waals surface area contributed by atoms with Crippen LogP contribution in [0, 0.1) is 17.0 Å². The largest absolute Gasteiger partial charge is 0.489 e. The average molecular weight is 445 g/mol. The molecule has 3 aromatic carbocycles. The first-order valence-electron chi connectivity index (χ1n) is 11.3. The summed E-state index contributed by atoms with van der Waals surface area (Å²) in [6.45, 7) is 2.44. The maximum atomic E-state index is 13.5. The first kappa shape index (κ1) is 22.5. The lowest BCUT2D eigenvalue weighted by Gasteiger charge is -2.36. The summed E-state index contributed by atoms with van der Waals surface area (Å²) in [6.07, 6.45) is 4.46. The molecular formula is C27H28N2O4. The van der Waals surface area contributed by atoms with E-state index in [2.05, 4.69) is 5.32 Å². The van der Waals surface area contributed by atoms with Crippen molar-refractivity contribution < 1.29 is 14.5 Å². The van der Waals surface area contributed by atoms with Crippen molar-refractivity contribution in [3.63, 3.8) is 0 Å². The quantitative estimate of drug-likeness (QED) is 0.341. The van der Waals surface area contributed by atoms with Crippen LogP contribution in [0.5, 0.6) is 5.75 Å². The molecule has 0 saturated heterocycles. The molecule has 0 aliphatic heterocycles. The molecule has 4 rings (SSSR count). The van der Waals surface area contributed by atoms with Gasteiger partial charge in [-0.25, -0.2) is 0 Å². The highest BCUT2D eigenvalue weighted by Crippen LogP contribution is 2.41. The Labute approximate surface area is 193 Å². The Kier molecular flexibility index (Phi) is 6.73. The van der Waals surface area contributed by atoms with Crippen LogP contribution in [-0.4, -0.2) is 10.8 Å². The number of hydrogen-bond donors (Lipinski definition) is 1. The predicted molar refractivity (Wildman–Crippen MR) is 128 cm³/mol. The van der Waals surface area contributed by atoms with Crippen LogP contribution in [0.2, 0.25) is 0 Å². The van der Waals surface area contributed by atoms with E-state index < -0.39 is 10.3 Å². The number of aryl methyl sites for hydroxylation is 1. The standard InChI is InChI=1S/C27H28N2O4/c1-20-18-23(12-15-25(20)33-19-21-8-4-2-5-9-21)28-26(30)27(16-6-3-7-17-27)22-10-13-24(14-11-22)29(31)32/h2,4-5,8-15,18H,3,6-7,16-17,19H2,1H3,(H,28,30). The summed E-state index contributed by atoms with van der Waals surface area (Å²) in [6, 6.07) is 22.1. The molecule has 33 heavy (non-hydrogen) atoms. The number of rotatable bonds is 7. The third-order valence-electron chi connectivity index (χ3n) is 6.44. The third kappa shape index (κ3) is 5.06. The number of benzene rings is 3. The molecule has 1 aliphatic carbocycles. The van der Waals surface area contributed by atoms with Gasteiger partial charge in [0.25, 0.3) is 5.69 Å². The summed E-state index contributed by atoms with van der Waals surface area (Å²) in [5, 5.41) is 14.1. The summed E-state index contributed by atoms with van der Waals surface area (Å²) < 4.78 is 5.95. The van der Waals surface area contributed by atoms with Crippen molar-refractivity contribution in [3.05, 3.63) is 99.6 Å². The summed E-state index contributed by atoms with van der Waals surface area (Å²) in [7, 11) is 0. The van der Waals surface area contributed by atoms with Gasteiger partial charge in [-0.3, -0.25) is 14.9 Å². The third-order valence-corrected chi connectivity index (χ3v) is 6.44. The highest BCUT2D eigenvalue weighted by molar-refractivity contribution is 5.99. The molecule has 0 heterocycles. The molecule has 0 unspecified atom stereocenters. The van der Waals surface area contributed by atoms with Gasteiger partial charge in [-0.2, -0.15) is 0 Å². The number of anilines is 1. The van der Waals surface area contributed by atoms with Gasteiger partial charge in [0.15, 0.2) is 0 Å². The maximum Gasteiger partial charge on any atom is 0.269 e. The average Bonchev–Trinajstić information content (AvgIpc) is 2.84. The molecule has 0 aromatic heterocycles. The lowest BCUT2D eigenvalue weighted by Crippen LogP contribution is -2.42. The summed E-state index contributed by atoms with van der Waals surface area (Å²) >= 11 is 0. The highest BCUT2D eigenvalue weighted by atomic mass is 16.6. The zero-order valence-corrected chi connectivity index (χ0v) is 18.8. The van der Waals surface area contributed by atoms with Crippen LogP contribution in [-0.2, 0) is 16.8 Å². The number of nitrogens with zero attached hydrogens (tertiary/aromatic N) is 1. The van der Waals surface area contributed by atoms with Gasteiger partial charge in [0.1, 0.15) is 12.4 Å². The van der Waals surface area contributed by atoms with Crippen molar-refractivity contribution in [3.8, 4) is 5.75 Å². The second-order valence-corrected chi connectivity index (χ2v) is 8.66. The Balaban J connectivity index is 1.51. The smallest absolute Gasteiger partial charge is 0.269 e. The van der Waals surface area contributed by atoms with E-state index in [1.807, 2.05) is 55.5 Å². The van der Waals surface area contributed by atoms with Crippen molar-refractivity contribution in [2.24, 2.45) is 0 Å². The minimum absolute atomic E-state index is 0.0341. The molecule has 6 nitrogen and oxygen atoms in total. The Bertz CT molecular complexity index is 1120. The fourth-order valence-electron chi connectivity index (χ4n) is 4.58. The van der Waals surface area contributed by atoms with E-state index in [1.165, 1.54) is 12.1 Å². The van der Waals surface area contributed by atoms with Crippen LogP contribution in [0.1, 0.15) is 48.8 Å². The zero-order chi connectivity index (χ0) is 23.3. The van der Waals surface area contributed by atoms with E-state index in [0.29, 0.717) is 6.61 Å². The zero-order valence-electron chi connectivity index (χ0n) is 18.8. The second-order valence-electron chi connectivity index (χ2n) is 8.66. The number of ether oxygens (including phenoxy) is 1. The molecule has 1 N–H and O–H groups in total. The minimum atomic E-state index is -0.677. The molecule has 3 aromatic rings. The van der Waals surface area contributed by atoms with Gasteiger partial charge >= 0.3 is 0 Å². The molecule has 1 fully saturated rings. The topological polar surface area (TPSA) is 81.5 Å². The highest BCUT2D eigenvalue weighted by Gasteiger charge is 2.41. The Morgan fingerprint density at radius 2 is 1.70 bits per heavy atom. The van der Waals surface area contributed by atoms with Crippen LogP contribution in [0.4, 0.5) is 11.4 Å². The lowest BCUT2D eigenvalue weighted by atomic mass is 9.68. The lowest BCUT2D eigenvalue weighted by molar-refractivity contribution is -0.384. The first-order chi connectivity index (χ1) is 16.0. The van der Waals surface area contributed by atoms with Crippen molar-refractivity contribution in [1.82, 2.24) is 0 Å². The molecule has 1 aliphatic rings. The molecular weight excluding hydrogens is 416 g/mol. The Hall–Kier alpha value is -3.67.